The quantitative estimate of drug-likeness (QED) is 0.854. The molecule has 90 valence electrons. The summed E-state index contributed by atoms with van der Waals surface area (Å²) in [4.78, 5) is 4.35. The molecule has 0 radical (unpaired) electrons. The van der Waals surface area contributed by atoms with Crippen LogP contribution in [0, 0.1) is 0 Å². The van der Waals surface area contributed by atoms with Crippen molar-refractivity contribution in [2.24, 2.45) is 0 Å². The lowest BCUT2D eigenvalue weighted by atomic mass is 10.2. The average Bonchev–Trinajstić information content (AvgIpc) is 2.75. The lowest BCUT2D eigenvalue weighted by Gasteiger charge is -2.23. The normalized spacial score (nSPS) is 20.9. The molecule has 2 heterocycles. The van der Waals surface area contributed by atoms with Gasteiger partial charge in [0, 0.05) is 37.8 Å². The van der Waals surface area contributed by atoms with Gasteiger partial charge in [-0.3, -0.25) is 0 Å². The Bertz CT molecular complexity index is 310. The molecule has 0 amide bonds. The number of ether oxygens (including phenoxy) is 1. The maximum atomic E-state index is 5.08. The number of imidazole rings is 1. The Balaban J connectivity index is 1.89. The number of hydrogen-bond acceptors (Lipinski definition) is 4. The van der Waals surface area contributed by atoms with Crippen molar-refractivity contribution in [1.29, 1.82) is 0 Å². The molecule has 1 saturated heterocycles. The molecule has 0 bridgehead atoms. The molecule has 1 unspecified atom stereocenters. The van der Waals surface area contributed by atoms with E-state index in [-0.39, 0.29) is 0 Å². The number of thioether (sulfide) groups is 1. The van der Waals surface area contributed by atoms with Gasteiger partial charge in [-0.05, 0) is 18.6 Å². The van der Waals surface area contributed by atoms with E-state index in [1.807, 2.05) is 24.2 Å². The molecular weight excluding hydrogens is 222 g/mol. The number of nitrogens with one attached hydrogen (secondary N) is 1. The van der Waals surface area contributed by atoms with Crippen LogP contribution in [-0.2, 0) is 11.3 Å². The zero-order valence-electron chi connectivity index (χ0n) is 9.69. The highest BCUT2D eigenvalue weighted by Gasteiger charge is 2.15. The van der Waals surface area contributed by atoms with Gasteiger partial charge in [-0.2, -0.15) is 11.8 Å². The minimum absolute atomic E-state index is 0.572. The third-order valence-electron chi connectivity index (χ3n) is 2.75. The summed E-state index contributed by atoms with van der Waals surface area (Å²) in [6.07, 6.45) is 6.40. The van der Waals surface area contributed by atoms with Crippen molar-refractivity contribution >= 4 is 17.7 Å². The Kier molecular flexibility index (Phi) is 4.54. The Hall–Kier alpha value is -0.680. The summed E-state index contributed by atoms with van der Waals surface area (Å²) in [5.41, 5.74) is 0. The Morgan fingerprint density at radius 3 is 3.38 bits per heavy atom. The molecule has 0 aromatic carbocycles. The van der Waals surface area contributed by atoms with E-state index in [2.05, 4.69) is 14.9 Å². The predicted molar refractivity (Wildman–Crippen MR) is 68.1 cm³/mol. The number of hydrogen-bond donors (Lipinski definition) is 1. The van der Waals surface area contributed by atoms with Crippen LogP contribution in [0.5, 0.6) is 0 Å². The highest BCUT2D eigenvalue weighted by Crippen LogP contribution is 2.20. The molecule has 0 aliphatic carbocycles. The molecular formula is C11H19N3OS. The predicted octanol–water partition coefficient (Wildman–Crippen LogP) is 1.84. The van der Waals surface area contributed by atoms with Crippen LogP contribution in [0.2, 0.25) is 0 Å². The summed E-state index contributed by atoms with van der Waals surface area (Å²) < 4.78 is 7.19. The van der Waals surface area contributed by atoms with Crippen molar-refractivity contribution in [1.82, 2.24) is 9.55 Å². The minimum atomic E-state index is 0.572. The third-order valence-corrected chi connectivity index (χ3v) is 3.96. The van der Waals surface area contributed by atoms with Gasteiger partial charge in [-0.25, -0.2) is 4.98 Å². The van der Waals surface area contributed by atoms with Gasteiger partial charge in [0.2, 0.25) is 5.95 Å². The summed E-state index contributed by atoms with van der Waals surface area (Å²) in [5, 5.41) is 3.51. The number of anilines is 1. The first-order valence-corrected chi connectivity index (χ1v) is 6.90. The second kappa shape index (κ2) is 6.15. The van der Waals surface area contributed by atoms with E-state index in [4.69, 9.17) is 4.74 Å². The molecule has 0 saturated carbocycles. The van der Waals surface area contributed by atoms with Gasteiger partial charge < -0.3 is 14.6 Å². The van der Waals surface area contributed by atoms with Crippen molar-refractivity contribution in [2.45, 2.75) is 25.4 Å². The largest absolute Gasteiger partial charge is 0.383 e. The second-order valence-corrected chi connectivity index (χ2v) is 5.15. The van der Waals surface area contributed by atoms with Crippen LogP contribution in [0.25, 0.3) is 0 Å². The number of methoxy groups -OCH3 is 1. The first-order chi connectivity index (χ1) is 7.90. The lowest BCUT2D eigenvalue weighted by molar-refractivity contribution is 0.187. The molecule has 1 aromatic rings. The van der Waals surface area contributed by atoms with Crippen LogP contribution in [-0.4, -0.2) is 40.8 Å². The van der Waals surface area contributed by atoms with Crippen LogP contribution in [0.1, 0.15) is 12.8 Å². The first-order valence-electron chi connectivity index (χ1n) is 5.74. The van der Waals surface area contributed by atoms with Crippen molar-refractivity contribution in [2.75, 3.05) is 30.5 Å². The fourth-order valence-corrected chi connectivity index (χ4v) is 2.93. The summed E-state index contributed by atoms with van der Waals surface area (Å²) in [7, 11) is 1.72. The molecule has 1 atom stereocenters. The van der Waals surface area contributed by atoms with Crippen LogP contribution < -0.4 is 5.32 Å². The molecule has 1 fully saturated rings. The van der Waals surface area contributed by atoms with E-state index in [9.17, 15) is 0 Å². The molecule has 1 N–H and O–H groups in total. The molecule has 1 aliphatic rings. The van der Waals surface area contributed by atoms with E-state index in [0.717, 1.165) is 19.1 Å². The van der Waals surface area contributed by atoms with Crippen LogP contribution in [0.4, 0.5) is 5.95 Å². The molecule has 0 spiro atoms. The van der Waals surface area contributed by atoms with E-state index in [1.165, 1.54) is 24.3 Å². The number of nitrogens with zero attached hydrogens (tertiary/aromatic N) is 2. The van der Waals surface area contributed by atoms with Crippen molar-refractivity contribution in [3.63, 3.8) is 0 Å². The van der Waals surface area contributed by atoms with Crippen molar-refractivity contribution < 1.29 is 4.74 Å². The zero-order chi connectivity index (χ0) is 11.2. The topological polar surface area (TPSA) is 39.1 Å². The fourth-order valence-electron chi connectivity index (χ4n) is 1.86. The lowest BCUT2D eigenvalue weighted by Crippen LogP contribution is -2.27. The summed E-state index contributed by atoms with van der Waals surface area (Å²) >= 11 is 2.02. The van der Waals surface area contributed by atoms with Crippen molar-refractivity contribution in [3.8, 4) is 0 Å². The second-order valence-electron chi connectivity index (χ2n) is 4.00. The Morgan fingerprint density at radius 2 is 2.62 bits per heavy atom. The number of rotatable bonds is 5. The van der Waals surface area contributed by atoms with Gasteiger partial charge >= 0.3 is 0 Å². The Morgan fingerprint density at radius 1 is 1.69 bits per heavy atom. The van der Waals surface area contributed by atoms with E-state index in [0.29, 0.717) is 6.04 Å². The molecule has 4 nitrogen and oxygen atoms in total. The van der Waals surface area contributed by atoms with Crippen LogP contribution >= 0.6 is 11.8 Å². The van der Waals surface area contributed by atoms with Gasteiger partial charge in [0.15, 0.2) is 0 Å². The maximum Gasteiger partial charge on any atom is 0.203 e. The highest BCUT2D eigenvalue weighted by molar-refractivity contribution is 7.99. The monoisotopic (exact) mass is 241 g/mol. The summed E-state index contributed by atoms with van der Waals surface area (Å²) in [5.74, 6) is 3.47. The smallest absolute Gasteiger partial charge is 0.203 e. The SMILES string of the molecule is COCCn1ccnc1NC1CCCSC1. The van der Waals surface area contributed by atoms with Gasteiger partial charge in [0.25, 0.3) is 0 Å². The first kappa shape index (κ1) is 11.8. The van der Waals surface area contributed by atoms with Gasteiger partial charge in [-0.1, -0.05) is 0 Å². The third kappa shape index (κ3) is 3.15. The summed E-state index contributed by atoms with van der Waals surface area (Å²) in [6, 6.07) is 0.572. The molecule has 5 heteroatoms. The standard InChI is InChI=1S/C11H19N3OS/c1-15-7-6-14-5-4-12-11(14)13-10-3-2-8-16-9-10/h4-5,10H,2-3,6-9H2,1H3,(H,12,13). The van der Waals surface area contributed by atoms with E-state index in [1.54, 1.807) is 7.11 Å². The Labute approximate surface area is 101 Å². The van der Waals surface area contributed by atoms with Gasteiger partial charge in [0.05, 0.1) is 6.61 Å². The zero-order valence-corrected chi connectivity index (χ0v) is 10.5. The van der Waals surface area contributed by atoms with E-state index < -0.39 is 0 Å². The molecule has 1 aliphatic heterocycles. The van der Waals surface area contributed by atoms with Gasteiger partial charge in [0.1, 0.15) is 0 Å². The van der Waals surface area contributed by atoms with Crippen molar-refractivity contribution in [3.05, 3.63) is 12.4 Å². The van der Waals surface area contributed by atoms with Crippen LogP contribution in [0.15, 0.2) is 12.4 Å². The molecule has 2 rings (SSSR count). The maximum absolute atomic E-state index is 5.08. The number of aromatic nitrogens is 2. The highest BCUT2D eigenvalue weighted by atomic mass is 32.2. The van der Waals surface area contributed by atoms with Gasteiger partial charge in [-0.15, -0.1) is 0 Å². The van der Waals surface area contributed by atoms with Crippen LogP contribution in [0.3, 0.4) is 0 Å². The molecule has 16 heavy (non-hydrogen) atoms. The average molecular weight is 241 g/mol. The fraction of sp³-hybridized carbons (Fsp3) is 0.727. The summed E-state index contributed by atoms with van der Waals surface area (Å²) in [6.45, 7) is 1.59. The van der Waals surface area contributed by atoms with E-state index >= 15 is 0 Å². The minimum Gasteiger partial charge on any atom is -0.383 e. The molecule has 1 aromatic heterocycles.